The maximum atomic E-state index is 13.3. The predicted octanol–water partition coefficient (Wildman–Crippen LogP) is 4.88. The zero-order valence-electron chi connectivity index (χ0n) is 18.6. The van der Waals surface area contributed by atoms with E-state index in [0.717, 1.165) is 23.0 Å². The number of hydrogen-bond donors (Lipinski definition) is 0. The third-order valence-electron chi connectivity index (χ3n) is 5.70. The van der Waals surface area contributed by atoms with Crippen molar-refractivity contribution in [2.24, 2.45) is 0 Å². The van der Waals surface area contributed by atoms with Gasteiger partial charge >= 0.3 is 0 Å². The molecule has 4 rings (SSSR count). The van der Waals surface area contributed by atoms with Crippen molar-refractivity contribution in [3.8, 4) is 0 Å². The van der Waals surface area contributed by atoms with Crippen LogP contribution in [0.3, 0.4) is 0 Å². The highest BCUT2D eigenvalue weighted by Crippen LogP contribution is 2.14. The summed E-state index contributed by atoms with van der Waals surface area (Å²) in [6.07, 6.45) is 1.26. The van der Waals surface area contributed by atoms with E-state index in [-0.39, 0.29) is 17.9 Å². The molecule has 3 aromatic carbocycles. The standard InChI is InChI=1S/C27H26ClN3O2/c1-30(19-21-10-7-11-22(28)18-21)26(32)15-14-24-27(33)31(17-16-20-8-3-2-4-9-20)25-13-6-5-12-23(25)29-24/h2-13,18H,14-17,19H2,1H3. The number of fused-ring (bicyclic) bond motifs is 1. The fourth-order valence-electron chi connectivity index (χ4n) is 3.93. The van der Waals surface area contributed by atoms with Crippen molar-refractivity contribution in [3.05, 3.63) is 111 Å². The molecule has 0 fully saturated rings. The molecule has 0 aliphatic rings. The molecule has 33 heavy (non-hydrogen) atoms. The van der Waals surface area contributed by atoms with E-state index in [1.54, 1.807) is 22.6 Å². The quantitative estimate of drug-likeness (QED) is 0.377. The Bertz CT molecular complexity index is 1320. The number of para-hydroxylation sites is 2. The first kappa shape index (κ1) is 22.7. The van der Waals surface area contributed by atoms with Crippen molar-refractivity contribution in [1.29, 1.82) is 0 Å². The molecular weight excluding hydrogens is 434 g/mol. The van der Waals surface area contributed by atoms with Crippen molar-refractivity contribution in [2.75, 3.05) is 7.05 Å². The van der Waals surface area contributed by atoms with Gasteiger partial charge in [0.2, 0.25) is 5.91 Å². The molecule has 0 radical (unpaired) electrons. The van der Waals surface area contributed by atoms with Crippen LogP contribution in [0.2, 0.25) is 5.02 Å². The second kappa shape index (κ2) is 10.5. The van der Waals surface area contributed by atoms with E-state index in [1.807, 2.05) is 60.7 Å². The molecule has 0 spiro atoms. The molecule has 0 N–H and O–H groups in total. The van der Waals surface area contributed by atoms with Crippen LogP contribution in [0.15, 0.2) is 83.7 Å². The lowest BCUT2D eigenvalue weighted by Gasteiger charge is -2.18. The number of aryl methyl sites for hydroxylation is 3. The maximum absolute atomic E-state index is 13.3. The Kier molecular flexibility index (Phi) is 7.20. The molecule has 0 unspecified atom stereocenters. The Hall–Kier alpha value is -3.44. The van der Waals surface area contributed by atoms with Crippen molar-refractivity contribution >= 4 is 28.5 Å². The van der Waals surface area contributed by atoms with E-state index in [9.17, 15) is 9.59 Å². The summed E-state index contributed by atoms with van der Waals surface area (Å²) in [4.78, 5) is 32.3. The molecule has 0 saturated carbocycles. The van der Waals surface area contributed by atoms with Crippen LogP contribution in [-0.4, -0.2) is 27.4 Å². The van der Waals surface area contributed by atoms with Crippen LogP contribution in [0.25, 0.3) is 11.0 Å². The van der Waals surface area contributed by atoms with Crippen molar-refractivity contribution in [3.63, 3.8) is 0 Å². The predicted molar refractivity (Wildman–Crippen MR) is 132 cm³/mol. The van der Waals surface area contributed by atoms with Crippen LogP contribution < -0.4 is 5.56 Å². The van der Waals surface area contributed by atoms with Gasteiger partial charge in [-0.2, -0.15) is 0 Å². The van der Waals surface area contributed by atoms with Gasteiger partial charge < -0.3 is 9.47 Å². The largest absolute Gasteiger partial charge is 0.341 e. The van der Waals surface area contributed by atoms with Gasteiger partial charge in [-0.05, 0) is 41.8 Å². The third-order valence-corrected chi connectivity index (χ3v) is 5.93. The van der Waals surface area contributed by atoms with E-state index in [1.165, 1.54) is 5.56 Å². The summed E-state index contributed by atoms with van der Waals surface area (Å²) in [6, 6.07) is 25.2. The van der Waals surface area contributed by atoms with Gasteiger partial charge in [0.25, 0.3) is 5.56 Å². The number of hydrogen-bond acceptors (Lipinski definition) is 3. The number of carbonyl (C=O) groups is 1. The molecule has 0 saturated heterocycles. The zero-order chi connectivity index (χ0) is 23.2. The van der Waals surface area contributed by atoms with Gasteiger partial charge in [0.1, 0.15) is 5.69 Å². The van der Waals surface area contributed by atoms with Gasteiger partial charge in [-0.25, -0.2) is 4.98 Å². The zero-order valence-corrected chi connectivity index (χ0v) is 19.3. The molecule has 0 aliphatic heterocycles. The summed E-state index contributed by atoms with van der Waals surface area (Å²) in [5.74, 6) is -0.0415. The topological polar surface area (TPSA) is 55.2 Å². The highest BCUT2D eigenvalue weighted by Gasteiger charge is 2.15. The molecule has 4 aromatic rings. The minimum absolute atomic E-state index is 0.0415. The first-order chi connectivity index (χ1) is 16.0. The minimum Gasteiger partial charge on any atom is -0.341 e. The summed E-state index contributed by atoms with van der Waals surface area (Å²) in [5, 5.41) is 0.643. The second-order valence-electron chi connectivity index (χ2n) is 8.12. The van der Waals surface area contributed by atoms with Crippen molar-refractivity contribution in [1.82, 2.24) is 14.5 Å². The monoisotopic (exact) mass is 459 g/mol. The fraction of sp³-hybridized carbons (Fsp3) is 0.222. The summed E-state index contributed by atoms with van der Waals surface area (Å²) in [5.41, 5.74) is 4.00. The average Bonchev–Trinajstić information content (AvgIpc) is 2.82. The molecule has 5 nitrogen and oxygen atoms in total. The lowest BCUT2D eigenvalue weighted by molar-refractivity contribution is -0.130. The van der Waals surface area contributed by atoms with Crippen LogP contribution >= 0.6 is 11.6 Å². The summed E-state index contributed by atoms with van der Waals surface area (Å²) < 4.78 is 1.78. The van der Waals surface area contributed by atoms with Crippen LogP contribution in [-0.2, 0) is 30.7 Å². The third kappa shape index (κ3) is 5.68. The molecule has 0 bridgehead atoms. The van der Waals surface area contributed by atoms with Gasteiger partial charge in [-0.1, -0.05) is 66.2 Å². The fourth-order valence-corrected chi connectivity index (χ4v) is 4.14. The highest BCUT2D eigenvalue weighted by molar-refractivity contribution is 6.30. The Balaban J connectivity index is 1.50. The Morgan fingerprint density at radius 3 is 2.45 bits per heavy atom. The summed E-state index contributed by atoms with van der Waals surface area (Å²) in [7, 11) is 1.76. The number of amides is 1. The van der Waals surface area contributed by atoms with E-state index in [4.69, 9.17) is 11.6 Å². The normalized spacial score (nSPS) is 11.0. The molecule has 0 aliphatic carbocycles. The van der Waals surface area contributed by atoms with E-state index in [0.29, 0.717) is 30.2 Å². The number of benzene rings is 3. The first-order valence-electron chi connectivity index (χ1n) is 11.0. The average molecular weight is 460 g/mol. The molecule has 1 heterocycles. The molecule has 1 amide bonds. The smallest absolute Gasteiger partial charge is 0.272 e. The first-order valence-corrected chi connectivity index (χ1v) is 11.4. The Morgan fingerprint density at radius 2 is 1.67 bits per heavy atom. The van der Waals surface area contributed by atoms with E-state index in [2.05, 4.69) is 17.1 Å². The number of rotatable bonds is 8. The van der Waals surface area contributed by atoms with E-state index < -0.39 is 0 Å². The second-order valence-corrected chi connectivity index (χ2v) is 8.56. The van der Waals surface area contributed by atoms with Crippen LogP contribution in [0.4, 0.5) is 0 Å². The molecular formula is C27H26ClN3O2. The maximum Gasteiger partial charge on any atom is 0.272 e. The van der Waals surface area contributed by atoms with Gasteiger partial charge in [0, 0.05) is 38.0 Å². The lowest BCUT2D eigenvalue weighted by Crippen LogP contribution is -2.30. The Morgan fingerprint density at radius 1 is 0.939 bits per heavy atom. The number of carbonyl (C=O) groups excluding carboxylic acids is 1. The minimum atomic E-state index is -0.130. The molecule has 1 aromatic heterocycles. The molecule has 6 heteroatoms. The van der Waals surface area contributed by atoms with Crippen molar-refractivity contribution in [2.45, 2.75) is 32.4 Å². The SMILES string of the molecule is CN(Cc1cccc(Cl)c1)C(=O)CCc1nc2ccccc2n(CCc2ccccc2)c1=O. The van der Waals surface area contributed by atoms with Crippen LogP contribution in [0, 0.1) is 0 Å². The van der Waals surface area contributed by atoms with E-state index >= 15 is 0 Å². The van der Waals surface area contributed by atoms with Crippen LogP contribution in [0.5, 0.6) is 0 Å². The Labute approximate surface area is 198 Å². The van der Waals surface area contributed by atoms with Crippen molar-refractivity contribution < 1.29 is 4.79 Å². The van der Waals surface area contributed by atoms with Gasteiger partial charge in [0.05, 0.1) is 11.0 Å². The molecule has 0 atom stereocenters. The van der Waals surface area contributed by atoms with Gasteiger partial charge in [0.15, 0.2) is 0 Å². The van der Waals surface area contributed by atoms with Crippen LogP contribution in [0.1, 0.15) is 23.2 Å². The van der Waals surface area contributed by atoms with Gasteiger partial charge in [-0.15, -0.1) is 0 Å². The van der Waals surface area contributed by atoms with Gasteiger partial charge in [-0.3, -0.25) is 9.59 Å². The summed E-state index contributed by atoms with van der Waals surface area (Å²) >= 11 is 6.05. The number of halogens is 1. The number of nitrogens with zero attached hydrogens (tertiary/aromatic N) is 3. The summed E-state index contributed by atoms with van der Waals surface area (Å²) in [6.45, 7) is 1.02. The number of aromatic nitrogens is 2. The lowest BCUT2D eigenvalue weighted by atomic mass is 10.1. The highest BCUT2D eigenvalue weighted by atomic mass is 35.5. The molecule has 168 valence electrons.